The summed E-state index contributed by atoms with van der Waals surface area (Å²) in [7, 11) is 1.61. The minimum atomic E-state index is -1.44. The predicted octanol–water partition coefficient (Wildman–Crippen LogP) is 5.63. The highest BCUT2D eigenvalue weighted by molar-refractivity contribution is 6.04. The van der Waals surface area contributed by atoms with Gasteiger partial charge in [0.2, 0.25) is 29.5 Å². The number of hydrogen-bond donors (Lipinski definition) is 6. The van der Waals surface area contributed by atoms with Crippen molar-refractivity contribution in [1.29, 1.82) is 0 Å². The summed E-state index contributed by atoms with van der Waals surface area (Å²) in [6.07, 6.45) is 1.21. The van der Waals surface area contributed by atoms with Crippen molar-refractivity contribution in [1.82, 2.24) is 36.0 Å². The van der Waals surface area contributed by atoms with Crippen molar-refractivity contribution in [2.24, 2.45) is 5.92 Å². The molecule has 0 aromatic heterocycles. The minimum Gasteiger partial charge on any atom is -0.381 e. The molecule has 6 N–H and O–H groups in total. The Morgan fingerprint density at radius 3 is 2.25 bits per heavy atom. The van der Waals surface area contributed by atoms with Crippen molar-refractivity contribution in [3.8, 4) is 0 Å². The minimum absolute atomic E-state index is 0. The number of benzene rings is 4. The Kier molecular flexibility index (Phi) is 23.4. The molecular weight excluding hydrogens is 1140 g/mol. The molecule has 5 aliphatic heterocycles. The molecule has 0 spiro atoms. The van der Waals surface area contributed by atoms with Gasteiger partial charge in [-0.15, -0.1) is 37.2 Å². The van der Waals surface area contributed by atoms with Crippen LogP contribution in [-0.4, -0.2) is 160 Å². The molecule has 24 heteroatoms. The number of carbonyl (C=O) groups excluding carboxylic acids is 6. The molecule has 5 unspecified atom stereocenters. The zero-order valence-corrected chi connectivity index (χ0v) is 49.7. The molecule has 4 aromatic carbocycles. The Bertz CT molecular complexity index is 2940. The van der Waals surface area contributed by atoms with Gasteiger partial charge in [0.25, 0.3) is 5.91 Å². The molecule has 18 nitrogen and oxygen atoms in total. The highest BCUT2D eigenvalue weighted by atomic mass is 35.5. The first-order chi connectivity index (χ1) is 38.4. The van der Waals surface area contributed by atoms with Crippen LogP contribution < -0.4 is 36.8 Å². The Balaban J connectivity index is 0.00000369. The van der Waals surface area contributed by atoms with Crippen LogP contribution in [0.5, 0.6) is 0 Å². The molecule has 6 amide bonds. The van der Waals surface area contributed by atoms with Crippen LogP contribution in [0.4, 0.5) is 30.2 Å². The van der Waals surface area contributed by atoms with E-state index in [0.717, 1.165) is 42.4 Å². The van der Waals surface area contributed by atoms with Crippen molar-refractivity contribution in [2.45, 2.75) is 102 Å². The number of carbonyl (C=O) groups is 6. The second kappa shape index (κ2) is 29.3. The number of morpholine rings is 1. The summed E-state index contributed by atoms with van der Waals surface area (Å²) < 4.78 is 55.1. The average Bonchev–Trinajstić information content (AvgIpc) is 3.58. The number of nitrogens with one attached hydrogen (secondary N) is 6. The van der Waals surface area contributed by atoms with E-state index in [-0.39, 0.29) is 117 Å². The second-order valence-electron chi connectivity index (χ2n) is 22.1. The van der Waals surface area contributed by atoms with Gasteiger partial charge in [0.15, 0.2) is 0 Å². The lowest BCUT2D eigenvalue weighted by Gasteiger charge is -2.43. The second-order valence-corrected chi connectivity index (χ2v) is 22.1. The topological polar surface area (TPSA) is 206 Å². The zero-order valence-electron chi connectivity index (χ0n) is 47.3. The average molecular weight is 1220 g/mol. The van der Waals surface area contributed by atoms with Crippen LogP contribution in [0.2, 0.25) is 0 Å². The van der Waals surface area contributed by atoms with E-state index in [0.29, 0.717) is 81.2 Å². The molecule has 0 saturated carbocycles. The lowest BCUT2D eigenvalue weighted by molar-refractivity contribution is -0.144. The standard InChI is InChI=1S/C59H73F3N10O8.3ClH/c1-35-29-70(44(28-65-35)31-69-21-24-80-33-36(69)2)32-51(74)72-34-59(4,46-16-11-39(26-49(46)72)25-38-9-13-42(60)14-10-38)58(78)64-20-17-50(73)66-43-15-12-41-30-71(54(45(41)27-43)56(76)68-53-47(61)7-6-8-48(53)62)57(77)52(40-18-22-79-23-19-40)67-55(75)37(3)63-5;;;/h6-16,26-27,35-37,40,44,52,54,63,65H,17-25,28-34H2,1-5H3,(H,64,78)(H,66,73)(H,67,75)(H,68,76);3*1H/t35-,36?,37?,44-,52?,54?,59?;;;/m1.../s1. The summed E-state index contributed by atoms with van der Waals surface area (Å²) in [6.45, 7) is 12.7. The molecular formula is C59H76Cl3F3N10O8. The number of likely N-dealkylation sites (N-methyl/N-ethyl adjacent to an activating group) is 1. The molecule has 0 bridgehead atoms. The van der Waals surface area contributed by atoms with Gasteiger partial charge >= 0.3 is 0 Å². The smallest absolute Gasteiger partial charge is 0.252 e. The third-order valence-corrected chi connectivity index (χ3v) is 16.4. The normalized spacial score (nSPS) is 22.3. The number of halogens is 6. The summed E-state index contributed by atoms with van der Waals surface area (Å²) in [5.41, 5.74) is 2.19. The number of piperazine rings is 1. The monoisotopic (exact) mass is 1210 g/mol. The van der Waals surface area contributed by atoms with Crippen molar-refractivity contribution < 1.29 is 51.4 Å². The largest absolute Gasteiger partial charge is 0.381 e. The van der Waals surface area contributed by atoms with E-state index in [1.165, 1.54) is 23.1 Å². The van der Waals surface area contributed by atoms with E-state index >= 15 is 8.78 Å². The number of amides is 6. The lowest BCUT2D eigenvalue weighted by Crippen LogP contribution is -2.62. The molecule has 7 atom stereocenters. The SMILES string of the molecule is CNC(C)C(=O)NC(C(=O)N1Cc2ccc(NC(=O)CCNC(=O)C3(C)CN(C(=O)CN4C[C@@H](C)NC[C@@H]4CN4CCOCC4C)c4cc(Cc5ccc(F)cc5)ccc43)cc2C1C(=O)Nc1c(F)cccc1F)C1CCOCC1.Cl.Cl.Cl. The number of para-hydroxylation sites is 1. The van der Waals surface area contributed by atoms with Gasteiger partial charge in [-0.25, -0.2) is 13.2 Å². The first-order valence-corrected chi connectivity index (χ1v) is 27.7. The fourth-order valence-corrected chi connectivity index (χ4v) is 11.6. The number of anilines is 3. The summed E-state index contributed by atoms with van der Waals surface area (Å²) in [6, 6.07) is 17.2. The molecule has 452 valence electrons. The number of hydrogen-bond acceptors (Lipinski definition) is 12. The first kappa shape index (κ1) is 66.3. The maximum atomic E-state index is 15.0. The van der Waals surface area contributed by atoms with Crippen LogP contribution in [0.25, 0.3) is 0 Å². The van der Waals surface area contributed by atoms with Crippen molar-refractivity contribution in [3.05, 3.63) is 124 Å². The summed E-state index contributed by atoms with van der Waals surface area (Å²) in [5.74, 6) is -5.69. The summed E-state index contributed by atoms with van der Waals surface area (Å²) >= 11 is 0. The van der Waals surface area contributed by atoms with Crippen molar-refractivity contribution in [3.63, 3.8) is 0 Å². The van der Waals surface area contributed by atoms with E-state index in [1.807, 2.05) is 18.2 Å². The zero-order chi connectivity index (χ0) is 56.8. The van der Waals surface area contributed by atoms with Crippen LogP contribution in [0.1, 0.15) is 80.8 Å². The van der Waals surface area contributed by atoms with Gasteiger partial charge in [-0.2, -0.15) is 0 Å². The fraction of sp³-hybridized carbons (Fsp3) is 0.492. The maximum absolute atomic E-state index is 15.0. The molecule has 5 heterocycles. The molecule has 0 radical (unpaired) electrons. The highest BCUT2D eigenvalue weighted by Crippen LogP contribution is 2.43. The Labute approximate surface area is 501 Å². The van der Waals surface area contributed by atoms with E-state index < -0.39 is 64.5 Å². The molecule has 5 aliphatic rings. The Hall–Kier alpha value is -5.88. The maximum Gasteiger partial charge on any atom is 0.252 e. The lowest BCUT2D eigenvalue weighted by atomic mass is 9.83. The third-order valence-electron chi connectivity index (χ3n) is 16.4. The molecule has 0 aliphatic carbocycles. The van der Waals surface area contributed by atoms with Crippen LogP contribution in [0.15, 0.2) is 78.9 Å². The van der Waals surface area contributed by atoms with Gasteiger partial charge in [0.05, 0.1) is 31.2 Å². The summed E-state index contributed by atoms with van der Waals surface area (Å²) in [5, 5.41) is 17.5. The fourth-order valence-electron chi connectivity index (χ4n) is 11.6. The van der Waals surface area contributed by atoms with E-state index in [9.17, 15) is 33.2 Å². The first-order valence-electron chi connectivity index (χ1n) is 27.7. The number of nitrogens with zero attached hydrogens (tertiary/aromatic N) is 4. The van der Waals surface area contributed by atoms with E-state index in [4.69, 9.17) is 9.47 Å². The van der Waals surface area contributed by atoms with Crippen LogP contribution >= 0.6 is 37.2 Å². The summed E-state index contributed by atoms with van der Waals surface area (Å²) in [4.78, 5) is 93.1. The van der Waals surface area contributed by atoms with E-state index in [2.05, 4.69) is 55.5 Å². The van der Waals surface area contributed by atoms with Gasteiger partial charge in [-0.05, 0) is 130 Å². The predicted molar refractivity (Wildman–Crippen MR) is 317 cm³/mol. The Morgan fingerprint density at radius 2 is 1.55 bits per heavy atom. The molecule has 83 heavy (non-hydrogen) atoms. The molecule has 3 fully saturated rings. The number of rotatable bonds is 18. The van der Waals surface area contributed by atoms with Crippen molar-refractivity contribution >= 4 is 89.7 Å². The van der Waals surface area contributed by atoms with Gasteiger partial charge in [-0.1, -0.05) is 36.4 Å². The highest BCUT2D eigenvalue weighted by Gasteiger charge is 2.48. The molecule has 4 aromatic rings. The number of fused-ring (bicyclic) bond motifs is 2. The van der Waals surface area contributed by atoms with E-state index in [1.54, 1.807) is 50.1 Å². The van der Waals surface area contributed by atoms with Gasteiger partial charge in [-0.3, -0.25) is 38.6 Å². The van der Waals surface area contributed by atoms with Gasteiger partial charge in [0, 0.05) is 94.9 Å². The van der Waals surface area contributed by atoms with Crippen LogP contribution in [0, 0.1) is 23.4 Å². The number of ether oxygens (including phenoxy) is 2. The molecule has 3 saturated heterocycles. The molecule has 9 rings (SSSR count). The quantitative estimate of drug-likeness (QED) is 0.0717. The van der Waals surface area contributed by atoms with Gasteiger partial charge in [0.1, 0.15) is 35.2 Å². The van der Waals surface area contributed by atoms with Crippen LogP contribution in [-0.2, 0) is 56.6 Å². The Morgan fingerprint density at radius 1 is 0.843 bits per heavy atom. The van der Waals surface area contributed by atoms with Gasteiger partial charge < -0.3 is 51.2 Å². The van der Waals surface area contributed by atoms with Crippen molar-refractivity contribution in [2.75, 3.05) is 94.8 Å². The third kappa shape index (κ3) is 15.3. The van der Waals surface area contributed by atoms with Crippen LogP contribution in [0.3, 0.4) is 0 Å².